The molecule has 2 rings (SSSR count). The van der Waals surface area contributed by atoms with Gasteiger partial charge in [-0.15, -0.1) is 0 Å². The highest BCUT2D eigenvalue weighted by Gasteiger charge is 2.36. The van der Waals surface area contributed by atoms with Gasteiger partial charge in [0.2, 0.25) is 15.9 Å². The van der Waals surface area contributed by atoms with Crippen LogP contribution < -0.4 is 10.0 Å². The van der Waals surface area contributed by atoms with E-state index in [4.69, 9.17) is 4.74 Å². The number of hydrogen-bond donors (Lipinski definition) is 2. The molecule has 7 heteroatoms. The Balaban J connectivity index is 1.62. The van der Waals surface area contributed by atoms with E-state index in [-0.39, 0.29) is 24.4 Å². The topological polar surface area (TPSA) is 84.5 Å². The van der Waals surface area contributed by atoms with Crippen molar-refractivity contribution in [1.29, 1.82) is 0 Å². The number of hydrogen-bond acceptors (Lipinski definition) is 5. The van der Waals surface area contributed by atoms with Gasteiger partial charge < -0.3 is 10.1 Å². The summed E-state index contributed by atoms with van der Waals surface area (Å²) in [5.74, 6) is -0.462. The Hall–Kier alpha value is -0.660. The first-order chi connectivity index (χ1) is 8.58. The van der Waals surface area contributed by atoms with Crippen LogP contribution in [0.5, 0.6) is 0 Å². The number of carbonyl (C=O) groups excluding carboxylic acids is 1. The first-order valence-corrected chi connectivity index (χ1v) is 7.99. The van der Waals surface area contributed by atoms with Crippen molar-refractivity contribution >= 4 is 15.9 Å². The van der Waals surface area contributed by atoms with Crippen LogP contribution >= 0.6 is 0 Å². The third-order valence-corrected chi connectivity index (χ3v) is 5.05. The van der Waals surface area contributed by atoms with Crippen LogP contribution in [-0.4, -0.2) is 45.4 Å². The van der Waals surface area contributed by atoms with E-state index in [1.807, 2.05) is 0 Å². The molecule has 1 amide bonds. The highest BCUT2D eigenvalue weighted by Crippen LogP contribution is 2.27. The van der Waals surface area contributed by atoms with Crippen LogP contribution in [-0.2, 0) is 19.6 Å². The molecular formula is C11H20N2O4S. The molecule has 0 bridgehead atoms. The zero-order chi connectivity index (χ0) is 13.0. The Morgan fingerprint density at radius 1 is 1.22 bits per heavy atom. The lowest BCUT2D eigenvalue weighted by Gasteiger charge is -2.22. The number of sulfonamides is 1. The first kappa shape index (κ1) is 13.8. The number of nitrogens with one attached hydrogen (secondary N) is 2. The zero-order valence-corrected chi connectivity index (χ0v) is 11.2. The maximum Gasteiger partial charge on any atom is 0.237 e. The van der Waals surface area contributed by atoms with E-state index < -0.39 is 15.9 Å². The largest absolute Gasteiger partial charge is 0.378 e. The van der Waals surface area contributed by atoms with Crippen LogP contribution in [0.3, 0.4) is 0 Å². The molecule has 0 atom stereocenters. The average Bonchev–Trinajstić information content (AvgIpc) is 3.13. The Bertz CT molecular complexity index is 386. The smallest absolute Gasteiger partial charge is 0.237 e. The summed E-state index contributed by atoms with van der Waals surface area (Å²) in [5.41, 5.74) is 0. The standard InChI is InChI=1S/C11H20N2O4S/c14-11(13-18(15,16)10-1-2-10)5-8-17-9-3-6-12-7-4-9/h9-10,12H,1-8H2,(H,13,14). The molecule has 1 saturated heterocycles. The fraction of sp³-hybridized carbons (Fsp3) is 0.909. The van der Waals surface area contributed by atoms with Crippen molar-refractivity contribution in [3.63, 3.8) is 0 Å². The van der Waals surface area contributed by atoms with Gasteiger partial charge in [-0.1, -0.05) is 0 Å². The third kappa shape index (κ3) is 4.22. The maximum absolute atomic E-state index is 11.5. The third-order valence-electron chi connectivity index (χ3n) is 3.19. The molecule has 6 nitrogen and oxygen atoms in total. The molecule has 0 unspecified atom stereocenters. The van der Waals surface area contributed by atoms with Crippen molar-refractivity contribution in [1.82, 2.24) is 10.0 Å². The van der Waals surface area contributed by atoms with Gasteiger partial charge in [-0.2, -0.15) is 0 Å². The quantitative estimate of drug-likeness (QED) is 0.699. The van der Waals surface area contributed by atoms with Gasteiger partial charge in [-0.3, -0.25) is 9.52 Å². The summed E-state index contributed by atoms with van der Waals surface area (Å²) >= 11 is 0. The van der Waals surface area contributed by atoms with Crippen LogP contribution in [0.1, 0.15) is 32.1 Å². The molecule has 2 N–H and O–H groups in total. The van der Waals surface area contributed by atoms with Crippen LogP contribution in [0.2, 0.25) is 0 Å². The van der Waals surface area contributed by atoms with E-state index in [2.05, 4.69) is 10.0 Å². The van der Waals surface area contributed by atoms with Gasteiger partial charge in [0.25, 0.3) is 0 Å². The Kier molecular flexibility index (Phi) is 4.58. The van der Waals surface area contributed by atoms with Crippen LogP contribution in [0.25, 0.3) is 0 Å². The Morgan fingerprint density at radius 2 is 1.89 bits per heavy atom. The lowest BCUT2D eigenvalue weighted by Crippen LogP contribution is -2.35. The maximum atomic E-state index is 11.5. The monoisotopic (exact) mass is 276 g/mol. The van der Waals surface area contributed by atoms with E-state index in [1.54, 1.807) is 0 Å². The van der Waals surface area contributed by atoms with Crippen molar-refractivity contribution in [3.8, 4) is 0 Å². The molecule has 0 spiro atoms. The van der Waals surface area contributed by atoms with Crippen LogP contribution in [0.15, 0.2) is 0 Å². The molecule has 2 aliphatic rings. The van der Waals surface area contributed by atoms with E-state index in [9.17, 15) is 13.2 Å². The number of carbonyl (C=O) groups is 1. The van der Waals surface area contributed by atoms with Crippen molar-refractivity contribution < 1.29 is 17.9 Å². The van der Waals surface area contributed by atoms with Gasteiger partial charge in [-0.25, -0.2) is 8.42 Å². The Labute approximate surface area is 108 Å². The van der Waals surface area contributed by atoms with E-state index in [0.717, 1.165) is 25.9 Å². The molecule has 2 fully saturated rings. The zero-order valence-electron chi connectivity index (χ0n) is 10.4. The van der Waals surface area contributed by atoms with Gasteiger partial charge >= 0.3 is 0 Å². The number of rotatable bonds is 6. The van der Waals surface area contributed by atoms with E-state index in [0.29, 0.717) is 12.8 Å². The number of piperidine rings is 1. The van der Waals surface area contributed by atoms with Crippen molar-refractivity contribution in [2.75, 3.05) is 19.7 Å². The van der Waals surface area contributed by atoms with Crippen LogP contribution in [0.4, 0.5) is 0 Å². The summed E-state index contributed by atoms with van der Waals surface area (Å²) in [6.45, 7) is 2.16. The molecule has 1 heterocycles. The molecular weight excluding hydrogens is 256 g/mol. The molecule has 0 aromatic heterocycles. The summed E-state index contributed by atoms with van der Waals surface area (Å²) in [5, 5.41) is 2.87. The minimum absolute atomic E-state index is 0.107. The van der Waals surface area contributed by atoms with Crippen molar-refractivity contribution in [2.45, 2.75) is 43.5 Å². The second kappa shape index (κ2) is 5.99. The molecule has 0 aromatic carbocycles. The molecule has 0 aromatic rings. The van der Waals surface area contributed by atoms with Crippen LogP contribution in [0, 0.1) is 0 Å². The van der Waals surface area contributed by atoms with Gasteiger partial charge in [0, 0.05) is 0 Å². The predicted molar refractivity (Wildman–Crippen MR) is 66.5 cm³/mol. The summed E-state index contributed by atoms with van der Waals surface area (Å²) in [6.07, 6.45) is 3.52. The fourth-order valence-electron chi connectivity index (χ4n) is 1.95. The molecule has 104 valence electrons. The first-order valence-electron chi connectivity index (χ1n) is 6.45. The van der Waals surface area contributed by atoms with Crippen molar-refractivity contribution in [3.05, 3.63) is 0 Å². The van der Waals surface area contributed by atoms with Gasteiger partial charge in [-0.05, 0) is 38.8 Å². The molecule has 1 saturated carbocycles. The molecule has 18 heavy (non-hydrogen) atoms. The summed E-state index contributed by atoms with van der Waals surface area (Å²) in [6, 6.07) is 0. The van der Waals surface area contributed by atoms with E-state index in [1.165, 1.54) is 0 Å². The number of ether oxygens (including phenoxy) is 1. The second-order valence-electron chi connectivity index (χ2n) is 4.84. The normalized spacial score (nSPS) is 21.8. The highest BCUT2D eigenvalue weighted by atomic mass is 32.2. The van der Waals surface area contributed by atoms with Gasteiger partial charge in [0.05, 0.1) is 24.4 Å². The van der Waals surface area contributed by atoms with E-state index >= 15 is 0 Å². The summed E-state index contributed by atoms with van der Waals surface area (Å²) < 4.78 is 30.6. The predicted octanol–water partition coefficient (Wildman–Crippen LogP) is -0.246. The molecule has 1 aliphatic carbocycles. The average molecular weight is 276 g/mol. The fourth-order valence-corrected chi connectivity index (χ4v) is 3.29. The molecule has 1 aliphatic heterocycles. The minimum Gasteiger partial charge on any atom is -0.378 e. The second-order valence-corrected chi connectivity index (χ2v) is 6.80. The number of amides is 1. The van der Waals surface area contributed by atoms with Gasteiger partial charge in [0.15, 0.2) is 0 Å². The van der Waals surface area contributed by atoms with Gasteiger partial charge in [0.1, 0.15) is 0 Å². The van der Waals surface area contributed by atoms with Crippen molar-refractivity contribution in [2.24, 2.45) is 0 Å². The summed E-state index contributed by atoms with van der Waals surface area (Å²) in [7, 11) is -3.41. The summed E-state index contributed by atoms with van der Waals surface area (Å²) in [4.78, 5) is 11.4. The lowest BCUT2D eigenvalue weighted by atomic mass is 10.1. The lowest BCUT2D eigenvalue weighted by molar-refractivity contribution is -0.121. The SMILES string of the molecule is O=C(CCOC1CCNCC1)NS(=O)(=O)C1CC1. The Morgan fingerprint density at radius 3 is 2.50 bits per heavy atom. The highest BCUT2D eigenvalue weighted by molar-refractivity contribution is 7.90. The minimum atomic E-state index is -3.41. The molecule has 0 radical (unpaired) electrons.